The first kappa shape index (κ1) is 20.4. The van der Waals surface area contributed by atoms with E-state index < -0.39 is 0 Å². The topological polar surface area (TPSA) is 62.3 Å². The van der Waals surface area contributed by atoms with Crippen LogP contribution in [0.2, 0.25) is 5.02 Å². The van der Waals surface area contributed by atoms with Crippen molar-refractivity contribution < 1.29 is 9.59 Å². The van der Waals surface area contributed by atoms with Crippen LogP contribution in [0.15, 0.2) is 78.0 Å². The predicted molar refractivity (Wildman–Crippen MR) is 120 cm³/mol. The molecule has 0 radical (unpaired) electrons. The van der Waals surface area contributed by atoms with Crippen molar-refractivity contribution >= 4 is 40.9 Å². The highest BCUT2D eigenvalue weighted by molar-refractivity contribution is 8.01. The molecular formula is C23H20ClN3O2S. The number of nitrogens with one attached hydrogen (secondary N) is 1. The number of hydrogen-bond donors (Lipinski definition) is 1. The molecule has 0 bridgehead atoms. The number of benzene rings is 2. The van der Waals surface area contributed by atoms with E-state index in [1.165, 1.54) is 5.56 Å². The van der Waals surface area contributed by atoms with E-state index in [2.05, 4.69) is 10.3 Å². The van der Waals surface area contributed by atoms with Crippen LogP contribution in [0, 0.1) is 0 Å². The van der Waals surface area contributed by atoms with Gasteiger partial charge in [-0.1, -0.05) is 35.9 Å². The highest BCUT2D eigenvalue weighted by Crippen LogP contribution is 2.37. The average Bonchev–Trinajstić information content (AvgIpc) is 3.19. The minimum absolute atomic E-state index is 0.0379. The van der Waals surface area contributed by atoms with Crippen molar-refractivity contribution in [2.24, 2.45) is 0 Å². The number of nitrogens with zero attached hydrogens (tertiary/aromatic N) is 2. The van der Waals surface area contributed by atoms with Crippen LogP contribution in [0.5, 0.6) is 0 Å². The molecule has 4 rings (SSSR count). The summed E-state index contributed by atoms with van der Waals surface area (Å²) in [5, 5.41) is 3.20. The van der Waals surface area contributed by atoms with Gasteiger partial charge in [-0.15, -0.1) is 11.8 Å². The van der Waals surface area contributed by atoms with Gasteiger partial charge < -0.3 is 10.2 Å². The van der Waals surface area contributed by atoms with Gasteiger partial charge in [-0.05, 0) is 53.9 Å². The zero-order valence-electron chi connectivity index (χ0n) is 16.1. The quantitative estimate of drug-likeness (QED) is 0.620. The Balaban J connectivity index is 1.48. The summed E-state index contributed by atoms with van der Waals surface area (Å²) in [6.45, 7) is 0.290. The SMILES string of the molecule is O=C(CN(Cc1cccnc1)C(=O)C1Cc2ccccc2S1)Nc1ccc(Cl)cc1. The number of halogens is 1. The fourth-order valence-electron chi connectivity index (χ4n) is 3.35. The molecule has 0 fully saturated rings. The minimum atomic E-state index is -0.255. The molecule has 1 N–H and O–H groups in total. The lowest BCUT2D eigenvalue weighted by Crippen LogP contribution is -2.42. The number of carbonyl (C=O) groups excluding carboxylic acids is 2. The second kappa shape index (κ2) is 9.32. The lowest BCUT2D eigenvalue weighted by molar-refractivity contribution is -0.134. The molecule has 2 heterocycles. The molecule has 3 aromatic rings. The molecule has 1 aromatic heterocycles. The average molecular weight is 438 g/mol. The summed E-state index contributed by atoms with van der Waals surface area (Å²) in [6, 6.07) is 18.7. The molecule has 0 aliphatic carbocycles. The Kier molecular flexibility index (Phi) is 6.35. The summed E-state index contributed by atoms with van der Waals surface area (Å²) >= 11 is 7.46. The second-order valence-electron chi connectivity index (χ2n) is 7.03. The largest absolute Gasteiger partial charge is 0.328 e. The van der Waals surface area contributed by atoms with Crippen molar-refractivity contribution in [1.82, 2.24) is 9.88 Å². The molecule has 0 spiro atoms. The van der Waals surface area contributed by atoms with Crippen LogP contribution in [-0.2, 0) is 22.6 Å². The van der Waals surface area contributed by atoms with Crippen molar-refractivity contribution in [2.45, 2.75) is 23.1 Å². The predicted octanol–water partition coefficient (Wildman–Crippen LogP) is 4.42. The van der Waals surface area contributed by atoms with E-state index in [4.69, 9.17) is 11.6 Å². The smallest absolute Gasteiger partial charge is 0.244 e. The molecule has 1 unspecified atom stereocenters. The molecule has 1 atom stereocenters. The highest BCUT2D eigenvalue weighted by Gasteiger charge is 2.32. The third-order valence-corrected chi connectivity index (χ3v) is 6.35. The molecule has 2 amide bonds. The molecule has 1 aliphatic rings. The summed E-state index contributed by atoms with van der Waals surface area (Å²) < 4.78 is 0. The van der Waals surface area contributed by atoms with Crippen LogP contribution in [0.25, 0.3) is 0 Å². The Morgan fingerprint density at radius 2 is 1.90 bits per heavy atom. The summed E-state index contributed by atoms with van der Waals surface area (Å²) in [7, 11) is 0. The van der Waals surface area contributed by atoms with Gasteiger partial charge >= 0.3 is 0 Å². The zero-order valence-corrected chi connectivity index (χ0v) is 17.7. The normalized spacial score (nSPS) is 14.8. The Hall–Kier alpha value is -2.83. The van der Waals surface area contributed by atoms with Gasteiger partial charge in [0.25, 0.3) is 0 Å². The van der Waals surface area contributed by atoms with E-state index >= 15 is 0 Å². The van der Waals surface area contributed by atoms with Gasteiger partial charge in [-0.25, -0.2) is 0 Å². The van der Waals surface area contributed by atoms with Gasteiger partial charge in [0.1, 0.15) is 6.54 Å². The van der Waals surface area contributed by atoms with E-state index in [1.54, 1.807) is 53.3 Å². The summed E-state index contributed by atoms with van der Waals surface area (Å²) in [5.74, 6) is -0.304. The molecule has 30 heavy (non-hydrogen) atoms. The lowest BCUT2D eigenvalue weighted by Gasteiger charge is -2.25. The lowest BCUT2D eigenvalue weighted by atomic mass is 10.1. The van der Waals surface area contributed by atoms with Gasteiger partial charge in [0, 0.05) is 34.5 Å². The number of rotatable bonds is 6. The number of carbonyl (C=O) groups is 2. The molecule has 7 heteroatoms. The number of fused-ring (bicyclic) bond motifs is 1. The number of anilines is 1. The van der Waals surface area contributed by atoms with Gasteiger partial charge in [0.05, 0.1) is 5.25 Å². The maximum atomic E-state index is 13.3. The molecule has 0 saturated heterocycles. The third kappa shape index (κ3) is 5.01. The van der Waals surface area contributed by atoms with Crippen LogP contribution in [0.4, 0.5) is 5.69 Å². The van der Waals surface area contributed by atoms with Crippen molar-refractivity contribution in [3.05, 3.63) is 89.2 Å². The number of pyridine rings is 1. The molecule has 152 valence electrons. The van der Waals surface area contributed by atoms with Gasteiger partial charge in [0.15, 0.2) is 0 Å². The van der Waals surface area contributed by atoms with E-state index in [1.807, 2.05) is 36.4 Å². The fourth-order valence-corrected chi connectivity index (χ4v) is 4.76. The summed E-state index contributed by atoms with van der Waals surface area (Å²) in [6.07, 6.45) is 4.07. The summed E-state index contributed by atoms with van der Waals surface area (Å²) in [4.78, 5) is 32.9. The Labute approximate surface area is 184 Å². The number of aromatic nitrogens is 1. The van der Waals surface area contributed by atoms with Crippen molar-refractivity contribution in [3.8, 4) is 0 Å². The third-order valence-electron chi connectivity index (χ3n) is 4.79. The van der Waals surface area contributed by atoms with Crippen LogP contribution in [-0.4, -0.2) is 33.5 Å². The number of thioether (sulfide) groups is 1. The molecular weight excluding hydrogens is 418 g/mol. The molecule has 2 aromatic carbocycles. The summed E-state index contributed by atoms with van der Waals surface area (Å²) in [5.41, 5.74) is 2.69. The van der Waals surface area contributed by atoms with Gasteiger partial charge in [0.2, 0.25) is 11.8 Å². The maximum absolute atomic E-state index is 13.3. The first-order valence-electron chi connectivity index (χ1n) is 9.56. The van der Waals surface area contributed by atoms with Gasteiger partial charge in [-0.2, -0.15) is 0 Å². The van der Waals surface area contributed by atoms with Crippen LogP contribution in [0.3, 0.4) is 0 Å². The van der Waals surface area contributed by atoms with Crippen LogP contribution >= 0.6 is 23.4 Å². The standard InChI is InChI=1S/C23H20ClN3O2S/c24-18-7-9-19(10-8-18)26-22(28)15-27(14-16-4-3-11-25-13-16)23(29)21-12-17-5-1-2-6-20(17)30-21/h1-11,13,21H,12,14-15H2,(H,26,28). The van der Waals surface area contributed by atoms with E-state index in [0.29, 0.717) is 23.7 Å². The Morgan fingerprint density at radius 3 is 2.63 bits per heavy atom. The molecule has 1 aliphatic heterocycles. The highest BCUT2D eigenvalue weighted by atomic mass is 35.5. The monoisotopic (exact) mass is 437 g/mol. The number of hydrogen-bond acceptors (Lipinski definition) is 4. The van der Waals surface area contributed by atoms with E-state index in [-0.39, 0.29) is 23.6 Å². The van der Waals surface area contributed by atoms with Crippen LogP contribution < -0.4 is 5.32 Å². The van der Waals surface area contributed by atoms with E-state index in [9.17, 15) is 9.59 Å². The Bertz CT molecular complexity index is 1020. The maximum Gasteiger partial charge on any atom is 0.244 e. The molecule has 0 saturated carbocycles. The van der Waals surface area contributed by atoms with Crippen molar-refractivity contribution in [1.29, 1.82) is 0 Å². The first-order valence-corrected chi connectivity index (χ1v) is 10.8. The van der Waals surface area contributed by atoms with Crippen molar-refractivity contribution in [3.63, 3.8) is 0 Å². The minimum Gasteiger partial charge on any atom is -0.328 e. The van der Waals surface area contributed by atoms with Gasteiger partial charge in [-0.3, -0.25) is 14.6 Å². The molecule has 5 nitrogen and oxygen atoms in total. The Morgan fingerprint density at radius 1 is 1.10 bits per heavy atom. The fraction of sp³-hybridized carbons (Fsp3) is 0.174. The van der Waals surface area contributed by atoms with Crippen molar-refractivity contribution in [2.75, 3.05) is 11.9 Å². The van der Waals surface area contributed by atoms with E-state index in [0.717, 1.165) is 10.5 Å². The van der Waals surface area contributed by atoms with Crippen LogP contribution in [0.1, 0.15) is 11.1 Å². The second-order valence-corrected chi connectivity index (χ2v) is 8.71. The number of amides is 2. The first-order chi connectivity index (χ1) is 14.6. The zero-order chi connectivity index (χ0) is 20.9.